The quantitative estimate of drug-likeness (QED) is 0.754. The molecule has 1 rings (SSSR count). The van der Waals surface area contributed by atoms with E-state index in [2.05, 4.69) is 52.1 Å². The molecule has 0 spiro atoms. The highest BCUT2D eigenvalue weighted by Crippen LogP contribution is 2.27. The van der Waals surface area contributed by atoms with Crippen LogP contribution in [0.3, 0.4) is 0 Å². The SMILES string of the molecule is Cc1ccc(NCC(C)(C)CC(C)C)c(N)c1. The fourth-order valence-electron chi connectivity index (χ4n) is 2.35. The molecule has 0 bridgehead atoms. The van der Waals surface area contributed by atoms with Gasteiger partial charge in [0, 0.05) is 6.54 Å². The first-order chi connectivity index (χ1) is 7.80. The molecule has 3 N–H and O–H groups in total. The van der Waals surface area contributed by atoms with Gasteiger partial charge in [-0.2, -0.15) is 0 Å². The van der Waals surface area contributed by atoms with Crippen LogP contribution in [0.2, 0.25) is 0 Å². The molecule has 0 fully saturated rings. The molecule has 0 atom stereocenters. The molecule has 0 saturated carbocycles. The summed E-state index contributed by atoms with van der Waals surface area (Å²) in [5, 5.41) is 3.46. The number of nitrogen functional groups attached to an aromatic ring is 1. The topological polar surface area (TPSA) is 38.0 Å². The van der Waals surface area contributed by atoms with E-state index in [0.717, 1.165) is 23.8 Å². The zero-order valence-electron chi connectivity index (χ0n) is 11.8. The first kappa shape index (κ1) is 13.9. The van der Waals surface area contributed by atoms with E-state index in [0.29, 0.717) is 5.41 Å². The summed E-state index contributed by atoms with van der Waals surface area (Å²) in [6.45, 7) is 12.1. The van der Waals surface area contributed by atoms with Crippen LogP contribution < -0.4 is 11.1 Å². The third-order valence-electron chi connectivity index (χ3n) is 2.93. The maximum absolute atomic E-state index is 5.99. The molecule has 0 aliphatic carbocycles. The molecule has 0 heterocycles. The van der Waals surface area contributed by atoms with Crippen LogP contribution in [0.25, 0.3) is 0 Å². The van der Waals surface area contributed by atoms with Crippen molar-refractivity contribution in [1.82, 2.24) is 0 Å². The molecule has 2 heteroatoms. The van der Waals surface area contributed by atoms with Gasteiger partial charge in [0.2, 0.25) is 0 Å². The standard InChI is InChI=1S/C15H26N2/c1-11(2)9-15(4,5)10-17-14-7-6-12(3)8-13(14)16/h6-8,11,17H,9-10,16H2,1-5H3. The summed E-state index contributed by atoms with van der Waals surface area (Å²) in [6.07, 6.45) is 1.21. The van der Waals surface area contributed by atoms with Crippen LogP contribution >= 0.6 is 0 Å². The molecule has 96 valence electrons. The molecule has 0 amide bonds. The lowest BCUT2D eigenvalue weighted by Gasteiger charge is -2.27. The third kappa shape index (κ3) is 4.68. The first-order valence-corrected chi connectivity index (χ1v) is 6.40. The van der Waals surface area contributed by atoms with E-state index in [9.17, 15) is 0 Å². The van der Waals surface area contributed by atoms with Crippen molar-refractivity contribution in [1.29, 1.82) is 0 Å². The monoisotopic (exact) mass is 234 g/mol. The van der Waals surface area contributed by atoms with Gasteiger partial charge in [-0.05, 0) is 42.4 Å². The Kier molecular flexibility index (Phi) is 4.44. The number of hydrogen-bond donors (Lipinski definition) is 2. The normalized spacial score (nSPS) is 11.9. The first-order valence-electron chi connectivity index (χ1n) is 6.40. The van der Waals surface area contributed by atoms with Crippen LogP contribution in [0.1, 0.15) is 39.7 Å². The molecular formula is C15H26N2. The zero-order valence-corrected chi connectivity index (χ0v) is 11.8. The Morgan fingerprint density at radius 2 is 1.94 bits per heavy atom. The maximum Gasteiger partial charge on any atom is 0.0574 e. The minimum absolute atomic E-state index is 0.297. The van der Waals surface area contributed by atoms with Crippen LogP contribution in [-0.2, 0) is 0 Å². The van der Waals surface area contributed by atoms with Gasteiger partial charge in [-0.15, -0.1) is 0 Å². The Morgan fingerprint density at radius 3 is 2.47 bits per heavy atom. The van der Waals surface area contributed by atoms with Crippen LogP contribution in [0.15, 0.2) is 18.2 Å². The Morgan fingerprint density at radius 1 is 1.29 bits per heavy atom. The largest absolute Gasteiger partial charge is 0.397 e. The Bertz CT molecular complexity index is 367. The molecular weight excluding hydrogens is 208 g/mol. The second-order valence-electron chi connectivity index (χ2n) is 6.21. The van der Waals surface area contributed by atoms with Gasteiger partial charge in [-0.1, -0.05) is 33.8 Å². The lowest BCUT2D eigenvalue weighted by atomic mass is 9.84. The summed E-state index contributed by atoms with van der Waals surface area (Å²) in [5.41, 5.74) is 9.38. The van der Waals surface area contributed by atoms with Gasteiger partial charge >= 0.3 is 0 Å². The highest BCUT2D eigenvalue weighted by atomic mass is 14.9. The van der Waals surface area contributed by atoms with Crippen LogP contribution in [0.4, 0.5) is 11.4 Å². The van der Waals surface area contributed by atoms with Crippen LogP contribution in [0.5, 0.6) is 0 Å². The number of nitrogens with one attached hydrogen (secondary N) is 1. The van der Waals surface area contributed by atoms with E-state index in [1.807, 2.05) is 6.07 Å². The molecule has 0 saturated heterocycles. The summed E-state index contributed by atoms with van der Waals surface area (Å²) in [7, 11) is 0. The predicted octanol–water partition coefficient (Wildman–Crippen LogP) is 4.06. The summed E-state index contributed by atoms with van der Waals surface area (Å²) in [5.74, 6) is 0.724. The van der Waals surface area contributed by atoms with E-state index in [4.69, 9.17) is 5.73 Å². The molecule has 2 nitrogen and oxygen atoms in total. The van der Waals surface area contributed by atoms with Crippen molar-refractivity contribution in [3.05, 3.63) is 23.8 Å². The van der Waals surface area contributed by atoms with Crippen molar-refractivity contribution in [2.45, 2.75) is 41.0 Å². The molecule has 1 aromatic carbocycles. The number of rotatable bonds is 5. The summed E-state index contributed by atoms with van der Waals surface area (Å²) >= 11 is 0. The van der Waals surface area contributed by atoms with Crippen molar-refractivity contribution >= 4 is 11.4 Å². The average Bonchev–Trinajstić information content (AvgIpc) is 2.14. The zero-order chi connectivity index (χ0) is 13.1. The number of benzene rings is 1. The number of aryl methyl sites for hydroxylation is 1. The Labute approximate surface area is 106 Å². The minimum atomic E-state index is 0.297. The molecule has 0 radical (unpaired) electrons. The fourth-order valence-corrected chi connectivity index (χ4v) is 2.35. The molecule has 0 aliphatic rings. The van der Waals surface area contributed by atoms with Gasteiger partial charge in [0.1, 0.15) is 0 Å². The third-order valence-corrected chi connectivity index (χ3v) is 2.93. The molecule has 0 aromatic heterocycles. The fraction of sp³-hybridized carbons (Fsp3) is 0.600. The summed E-state index contributed by atoms with van der Waals surface area (Å²) in [4.78, 5) is 0. The van der Waals surface area contributed by atoms with Gasteiger partial charge in [0.25, 0.3) is 0 Å². The minimum Gasteiger partial charge on any atom is -0.397 e. The van der Waals surface area contributed by atoms with Gasteiger partial charge in [0.15, 0.2) is 0 Å². The second kappa shape index (κ2) is 5.44. The van der Waals surface area contributed by atoms with E-state index < -0.39 is 0 Å². The number of anilines is 2. The lowest BCUT2D eigenvalue weighted by molar-refractivity contribution is 0.306. The van der Waals surface area contributed by atoms with E-state index >= 15 is 0 Å². The molecule has 1 aromatic rings. The molecule has 17 heavy (non-hydrogen) atoms. The van der Waals surface area contributed by atoms with E-state index in [1.54, 1.807) is 0 Å². The van der Waals surface area contributed by atoms with Crippen molar-refractivity contribution in [2.24, 2.45) is 11.3 Å². The van der Waals surface area contributed by atoms with Gasteiger partial charge < -0.3 is 11.1 Å². The molecule has 0 unspecified atom stereocenters. The Balaban J connectivity index is 2.61. The maximum atomic E-state index is 5.99. The Hall–Kier alpha value is -1.18. The van der Waals surface area contributed by atoms with Crippen LogP contribution in [-0.4, -0.2) is 6.54 Å². The highest BCUT2D eigenvalue weighted by molar-refractivity contribution is 5.66. The van der Waals surface area contributed by atoms with E-state index in [1.165, 1.54) is 12.0 Å². The van der Waals surface area contributed by atoms with E-state index in [-0.39, 0.29) is 0 Å². The number of hydrogen-bond acceptors (Lipinski definition) is 2. The number of nitrogens with two attached hydrogens (primary N) is 1. The molecule has 0 aliphatic heterocycles. The lowest BCUT2D eigenvalue weighted by Crippen LogP contribution is -2.25. The highest BCUT2D eigenvalue weighted by Gasteiger charge is 2.19. The van der Waals surface area contributed by atoms with Crippen molar-refractivity contribution in [3.8, 4) is 0 Å². The van der Waals surface area contributed by atoms with Crippen LogP contribution in [0, 0.1) is 18.3 Å². The van der Waals surface area contributed by atoms with Gasteiger partial charge in [0.05, 0.1) is 11.4 Å². The average molecular weight is 234 g/mol. The van der Waals surface area contributed by atoms with Gasteiger partial charge in [-0.25, -0.2) is 0 Å². The van der Waals surface area contributed by atoms with Gasteiger partial charge in [-0.3, -0.25) is 0 Å². The van der Waals surface area contributed by atoms with Crippen molar-refractivity contribution in [2.75, 3.05) is 17.6 Å². The van der Waals surface area contributed by atoms with Crippen molar-refractivity contribution in [3.63, 3.8) is 0 Å². The summed E-state index contributed by atoms with van der Waals surface area (Å²) < 4.78 is 0. The summed E-state index contributed by atoms with van der Waals surface area (Å²) in [6, 6.07) is 6.17. The smallest absolute Gasteiger partial charge is 0.0574 e. The second-order valence-corrected chi connectivity index (χ2v) is 6.21. The van der Waals surface area contributed by atoms with Crippen molar-refractivity contribution < 1.29 is 0 Å². The predicted molar refractivity (Wildman–Crippen MR) is 77.3 cm³/mol.